The summed E-state index contributed by atoms with van der Waals surface area (Å²) in [6.07, 6.45) is 6.49. The van der Waals surface area contributed by atoms with E-state index in [-0.39, 0.29) is 23.5 Å². The molecule has 7 nitrogen and oxygen atoms in total. The topological polar surface area (TPSA) is 68.8 Å². The predicted octanol–water partition coefficient (Wildman–Crippen LogP) is 2.67. The predicted molar refractivity (Wildman–Crippen MR) is 133 cm³/mol. The number of piperazine rings is 1. The molecule has 1 aromatic heterocycles. The summed E-state index contributed by atoms with van der Waals surface area (Å²) in [7, 11) is 0. The van der Waals surface area contributed by atoms with Gasteiger partial charge < -0.3 is 10.2 Å². The Kier molecular flexibility index (Phi) is 9.20. The van der Waals surface area contributed by atoms with Crippen molar-refractivity contribution in [3.63, 3.8) is 0 Å². The standard InChI is InChI=1S/C27H36FN5O2/c28-25-8-2-1-6-24(25)21-32-15-17-33(18-16-32)27(35)23-7-4-13-31(14-10-26(34)30-12-9-23)20-22-5-3-11-29-19-22/h1-3,5-6,8,11,19,23H,4,7,9-10,12-18,20-21H2,(H,30,34). The van der Waals surface area contributed by atoms with Gasteiger partial charge in [0.05, 0.1) is 0 Å². The lowest BCUT2D eigenvalue weighted by molar-refractivity contribution is -0.138. The van der Waals surface area contributed by atoms with E-state index >= 15 is 0 Å². The first-order valence-corrected chi connectivity index (χ1v) is 12.7. The van der Waals surface area contributed by atoms with E-state index in [0.717, 1.165) is 44.6 Å². The molecule has 2 fully saturated rings. The fourth-order valence-corrected chi connectivity index (χ4v) is 4.96. The lowest BCUT2D eigenvalue weighted by Gasteiger charge is -2.36. The number of nitrogens with zero attached hydrogens (tertiary/aromatic N) is 4. The fraction of sp³-hybridized carbons (Fsp3) is 0.519. The molecule has 0 saturated carbocycles. The van der Waals surface area contributed by atoms with Crippen molar-refractivity contribution in [2.45, 2.75) is 38.8 Å². The molecule has 2 aliphatic heterocycles. The SMILES string of the molecule is O=C1CCN(Cc2cccnc2)CCCC(C(=O)N2CCN(Cc3ccccc3F)CC2)CCN1. The van der Waals surface area contributed by atoms with Crippen molar-refractivity contribution in [2.75, 3.05) is 45.8 Å². The Morgan fingerprint density at radius 2 is 1.77 bits per heavy atom. The number of nitrogens with one attached hydrogen (secondary N) is 1. The lowest BCUT2D eigenvalue weighted by Crippen LogP contribution is -2.50. The minimum absolute atomic E-state index is 0.0380. The molecular weight excluding hydrogens is 445 g/mol. The van der Waals surface area contributed by atoms with Crippen LogP contribution >= 0.6 is 0 Å². The van der Waals surface area contributed by atoms with Gasteiger partial charge in [-0.15, -0.1) is 0 Å². The zero-order valence-corrected chi connectivity index (χ0v) is 20.4. The third-order valence-corrected chi connectivity index (χ3v) is 7.01. The number of amides is 2. The van der Waals surface area contributed by atoms with Crippen LogP contribution in [0.25, 0.3) is 0 Å². The zero-order valence-electron chi connectivity index (χ0n) is 20.4. The molecule has 188 valence electrons. The Hall–Kier alpha value is -2.84. The van der Waals surface area contributed by atoms with Crippen molar-refractivity contribution in [2.24, 2.45) is 5.92 Å². The lowest BCUT2D eigenvalue weighted by atomic mass is 9.97. The van der Waals surface area contributed by atoms with Gasteiger partial charge in [0.15, 0.2) is 0 Å². The molecule has 0 spiro atoms. The summed E-state index contributed by atoms with van der Waals surface area (Å²) in [5, 5.41) is 3.00. The Bertz CT molecular complexity index is 965. The third-order valence-electron chi connectivity index (χ3n) is 7.01. The van der Waals surface area contributed by atoms with Crippen molar-refractivity contribution in [3.8, 4) is 0 Å². The Morgan fingerprint density at radius 1 is 0.971 bits per heavy atom. The van der Waals surface area contributed by atoms with Gasteiger partial charge in [0, 0.05) is 82.7 Å². The number of benzene rings is 1. The van der Waals surface area contributed by atoms with Gasteiger partial charge in [-0.3, -0.25) is 24.4 Å². The van der Waals surface area contributed by atoms with Gasteiger partial charge in [-0.1, -0.05) is 24.3 Å². The molecular formula is C27H36FN5O2. The average molecular weight is 482 g/mol. The van der Waals surface area contributed by atoms with E-state index in [9.17, 15) is 14.0 Å². The molecule has 0 radical (unpaired) electrons. The molecule has 4 rings (SSSR count). The highest BCUT2D eigenvalue weighted by Crippen LogP contribution is 2.19. The Labute approximate surface area is 207 Å². The van der Waals surface area contributed by atoms with Crippen LogP contribution in [0.15, 0.2) is 48.8 Å². The summed E-state index contributed by atoms with van der Waals surface area (Å²) < 4.78 is 14.0. The molecule has 8 heteroatoms. The Morgan fingerprint density at radius 3 is 2.54 bits per heavy atom. The fourth-order valence-electron chi connectivity index (χ4n) is 4.96. The number of halogens is 1. The first-order chi connectivity index (χ1) is 17.1. The van der Waals surface area contributed by atoms with Crippen LogP contribution in [0, 0.1) is 11.7 Å². The van der Waals surface area contributed by atoms with Crippen LogP contribution < -0.4 is 5.32 Å². The molecule has 35 heavy (non-hydrogen) atoms. The maximum absolute atomic E-state index is 14.0. The monoisotopic (exact) mass is 481 g/mol. The molecule has 3 heterocycles. The second-order valence-corrected chi connectivity index (χ2v) is 9.56. The van der Waals surface area contributed by atoms with Crippen LogP contribution in [0.3, 0.4) is 0 Å². The van der Waals surface area contributed by atoms with Crippen molar-refractivity contribution >= 4 is 11.8 Å². The van der Waals surface area contributed by atoms with Gasteiger partial charge in [0.25, 0.3) is 0 Å². The van der Waals surface area contributed by atoms with E-state index in [1.54, 1.807) is 12.3 Å². The minimum atomic E-state index is -0.178. The summed E-state index contributed by atoms with van der Waals surface area (Å²) in [6, 6.07) is 10.9. The van der Waals surface area contributed by atoms with Crippen molar-refractivity contribution in [1.29, 1.82) is 0 Å². The number of carbonyl (C=O) groups excluding carboxylic acids is 2. The minimum Gasteiger partial charge on any atom is -0.356 e. The smallest absolute Gasteiger partial charge is 0.225 e. The van der Waals surface area contributed by atoms with Crippen molar-refractivity contribution in [1.82, 2.24) is 25.0 Å². The second-order valence-electron chi connectivity index (χ2n) is 9.56. The summed E-state index contributed by atoms with van der Waals surface area (Å²) in [4.78, 5) is 36.4. The average Bonchev–Trinajstić information content (AvgIpc) is 2.91. The van der Waals surface area contributed by atoms with Gasteiger partial charge in [0.2, 0.25) is 11.8 Å². The second kappa shape index (κ2) is 12.7. The molecule has 1 N–H and O–H groups in total. The first kappa shape index (κ1) is 25.3. The molecule has 2 aliphatic rings. The number of pyridine rings is 1. The van der Waals surface area contributed by atoms with Gasteiger partial charge in [-0.2, -0.15) is 0 Å². The summed E-state index contributed by atoms with van der Waals surface area (Å²) in [5.74, 6) is -0.0475. The normalized spacial score (nSPS) is 21.2. The maximum atomic E-state index is 14.0. The highest BCUT2D eigenvalue weighted by molar-refractivity contribution is 5.79. The van der Waals surface area contributed by atoms with E-state index in [0.29, 0.717) is 51.1 Å². The molecule has 1 atom stereocenters. The van der Waals surface area contributed by atoms with Gasteiger partial charge in [-0.05, 0) is 43.5 Å². The summed E-state index contributed by atoms with van der Waals surface area (Å²) >= 11 is 0. The Balaban J connectivity index is 1.30. The number of hydrogen-bond donors (Lipinski definition) is 1. The van der Waals surface area contributed by atoms with Crippen LogP contribution in [0.4, 0.5) is 4.39 Å². The summed E-state index contributed by atoms with van der Waals surface area (Å²) in [5.41, 5.74) is 1.82. The maximum Gasteiger partial charge on any atom is 0.225 e. The highest BCUT2D eigenvalue weighted by atomic mass is 19.1. The molecule has 2 saturated heterocycles. The van der Waals surface area contributed by atoms with Crippen LogP contribution in [0.2, 0.25) is 0 Å². The number of carbonyl (C=O) groups is 2. The van der Waals surface area contributed by atoms with Crippen LogP contribution in [0.5, 0.6) is 0 Å². The molecule has 2 aromatic rings. The van der Waals surface area contributed by atoms with Crippen molar-refractivity contribution < 1.29 is 14.0 Å². The van der Waals surface area contributed by atoms with E-state index in [1.165, 1.54) is 6.07 Å². The third kappa shape index (κ3) is 7.57. The van der Waals surface area contributed by atoms with Crippen LogP contribution in [-0.2, 0) is 22.7 Å². The van der Waals surface area contributed by atoms with Gasteiger partial charge in [-0.25, -0.2) is 4.39 Å². The number of rotatable bonds is 5. The van der Waals surface area contributed by atoms with E-state index in [2.05, 4.69) is 26.2 Å². The molecule has 1 aromatic carbocycles. The quantitative estimate of drug-likeness (QED) is 0.711. The molecule has 1 unspecified atom stereocenters. The van der Waals surface area contributed by atoms with E-state index in [1.807, 2.05) is 29.3 Å². The zero-order chi connectivity index (χ0) is 24.5. The first-order valence-electron chi connectivity index (χ1n) is 12.7. The molecule has 0 bridgehead atoms. The molecule has 2 amide bonds. The molecule has 0 aliphatic carbocycles. The van der Waals surface area contributed by atoms with Crippen molar-refractivity contribution in [3.05, 3.63) is 65.7 Å². The largest absolute Gasteiger partial charge is 0.356 e. The summed E-state index contributed by atoms with van der Waals surface area (Å²) in [6.45, 7) is 6.19. The number of hydrogen-bond acceptors (Lipinski definition) is 5. The van der Waals surface area contributed by atoms with Gasteiger partial charge in [0.1, 0.15) is 5.82 Å². The van der Waals surface area contributed by atoms with Crippen LogP contribution in [-0.4, -0.2) is 77.3 Å². The van der Waals surface area contributed by atoms with E-state index in [4.69, 9.17) is 0 Å². The van der Waals surface area contributed by atoms with Gasteiger partial charge >= 0.3 is 0 Å². The number of aromatic nitrogens is 1. The van der Waals surface area contributed by atoms with Crippen LogP contribution in [0.1, 0.15) is 36.8 Å². The van der Waals surface area contributed by atoms with E-state index < -0.39 is 0 Å². The highest BCUT2D eigenvalue weighted by Gasteiger charge is 2.28.